The third-order valence-corrected chi connectivity index (χ3v) is 4.79. The van der Waals surface area contributed by atoms with Gasteiger partial charge in [-0.15, -0.1) is 0 Å². The molecule has 6 heteroatoms. The van der Waals surface area contributed by atoms with Crippen molar-refractivity contribution >= 4 is 27.5 Å². The van der Waals surface area contributed by atoms with Gasteiger partial charge in [0.05, 0.1) is 23.1 Å². The topological polar surface area (TPSA) is 56.7 Å². The molecular weight excluding hydrogens is 312 g/mol. The fourth-order valence-electron chi connectivity index (χ4n) is 2.35. The maximum Gasteiger partial charge on any atom is 0.315 e. The number of fused-ring (bicyclic) bond motifs is 1. The smallest absolute Gasteiger partial charge is 0.315 e. The highest BCUT2D eigenvalue weighted by atomic mass is 32.1. The van der Waals surface area contributed by atoms with E-state index in [1.807, 2.05) is 4.57 Å². The average molecular weight is 330 g/mol. The molecule has 2 heterocycles. The van der Waals surface area contributed by atoms with E-state index in [0.717, 1.165) is 10.2 Å². The Labute approximate surface area is 137 Å². The van der Waals surface area contributed by atoms with E-state index >= 15 is 0 Å². The Morgan fingerprint density at radius 3 is 2.83 bits per heavy atom. The van der Waals surface area contributed by atoms with Gasteiger partial charge >= 0.3 is 5.91 Å². The lowest BCUT2D eigenvalue weighted by Crippen LogP contribution is -2.19. The first-order valence-electron chi connectivity index (χ1n) is 7.32. The number of benzene rings is 1. The van der Waals surface area contributed by atoms with Crippen LogP contribution in [0.3, 0.4) is 0 Å². The monoisotopic (exact) mass is 330 g/mol. The number of methoxy groups -OCH3 is 1. The summed E-state index contributed by atoms with van der Waals surface area (Å²) in [7, 11) is 1.66. The van der Waals surface area contributed by atoms with Crippen LogP contribution in [0.15, 0.2) is 39.9 Å². The second-order valence-electron chi connectivity index (χ2n) is 5.33. The first kappa shape index (κ1) is 15.7. The van der Waals surface area contributed by atoms with Crippen LogP contribution in [-0.4, -0.2) is 24.2 Å². The number of thiazole rings is 1. The molecule has 0 aliphatic heterocycles. The predicted molar refractivity (Wildman–Crippen MR) is 89.8 cm³/mol. The van der Waals surface area contributed by atoms with Gasteiger partial charge in [0.1, 0.15) is 0 Å². The number of ether oxygens (including phenoxy) is 1. The number of aromatic nitrogens is 1. The number of carbonyl (C=O) groups is 1. The second-order valence-corrected chi connectivity index (χ2v) is 6.34. The van der Waals surface area contributed by atoms with Gasteiger partial charge in [0.25, 0.3) is 0 Å². The van der Waals surface area contributed by atoms with Gasteiger partial charge in [0.15, 0.2) is 10.6 Å². The summed E-state index contributed by atoms with van der Waals surface area (Å²) in [5.41, 5.74) is 3.51. The molecule has 0 aliphatic carbocycles. The first-order valence-corrected chi connectivity index (χ1v) is 8.14. The third kappa shape index (κ3) is 3.13. The van der Waals surface area contributed by atoms with E-state index in [0.29, 0.717) is 18.0 Å². The highest BCUT2D eigenvalue weighted by molar-refractivity contribution is 7.16. The molecule has 0 unspecified atom stereocenters. The van der Waals surface area contributed by atoms with Gasteiger partial charge in [-0.1, -0.05) is 11.3 Å². The highest BCUT2D eigenvalue weighted by Gasteiger charge is 2.11. The molecule has 0 radical (unpaired) electrons. The number of furan rings is 1. The summed E-state index contributed by atoms with van der Waals surface area (Å²) in [5.74, 6) is -0.130. The maximum absolute atomic E-state index is 12.2. The van der Waals surface area contributed by atoms with Crippen molar-refractivity contribution in [1.29, 1.82) is 0 Å². The number of nitrogens with zero attached hydrogens (tertiary/aromatic N) is 2. The molecule has 23 heavy (non-hydrogen) atoms. The van der Waals surface area contributed by atoms with Crippen molar-refractivity contribution in [2.45, 2.75) is 20.4 Å². The first-order chi connectivity index (χ1) is 11.1. The number of aryl methyl sites for hydroxylation is 2. The molecule has 3 aromatic rings. The molecule has 2 aromatic heterocycles. The quantitative estimate of drug-likeness (QED) is 0.737. The van der Waals surface area contributed by atoms with E-state index in [4.69, 9.17) is 9.15 Å². The summed E-state index contributed by atoms with van der Waals surface area (Å²) in [6.07, 6.45) is 1.47. The summed E-state index contributed by atoms with van der Waals surface area (Å²) in [6.45, 7) is 5.36. The lowest BCUT2D eigenvalue weighted by molar-refractivity contribution is 0.0971. The fraction of sp³-hybridized carbons (Fsp3) is 0.294. The Bertz CT molecular complexity index is 904. The predicted octanol–water partition coefficient (Wildman–Crippen LogP) is 3.30. The highest BCUT2D eigenvalue weighted by Crippen LogP contribution is 2.22. The molecule has 0 saturated carbocycles. The minimum atomic E-state index is -0.374. The van der Waals surface area contributed by atoms with Crippen LogP contribution in [0.25, 0.3) is 10.2 Å². The van der Waals surface area contributed by atoms with Gasteiger partial charge in [0.2, 0.25) is 0 Å². The van der Waals surface area contributed by atoms with Crippen LogP contribution in [0.2, 0.25) is 0 Å². The van der Waals surface area contributed by atoms with Crippen molar-refractivity contribution in [1.82, 2.24) is 4.57 Å². The SMILES string of the molecule is COCCn1c(=NC(=O)c2ccco2)sc2cc(C)c(C)cc21. The van der Waals surface area contributed by atoms with Gasteiger partial charge in [-0.3, -0.25) is 4.79 Å². The molecule has 0 aliphatic rings. The number of carbonyl (C=O) groups excluding carboxylic acids is 1. The molecule has 1 aromatic carbocycles. The van der Waals surface area contributed by atoms with Crippen molar-refractivity contribution < 1.29 is 13.9 Å². The van der Waals surface area contributed by atoms with Crippen LogP contribution in [0.4, 0.5) is 0 Å². The van der Waals surface area contributed by atoms with E-state index in [2.05, 4.69) is 31.0 Å². The summed E-state index contributed by atoms with van der Waals surface area (Å²) < 4.78 is 13.4. The normalized spacial score (nSPS) is 12.2. The van der Waals surface area contributed by atoms with E-state index in [1.165, 1.54) is 28.7 Å². The fourth-order valence-corrected chi connectivity index (χ4v) is 3.48. The minimum absolute atomic E-state index is 0.244. The molecule has 3 rings (SSSR count). The maximum atomic E-state index is 12.2. The Morgan fingerprint density at radius 2 is 2.13 bits per heavy atom. The molecular formula is C17H18N2O3S. The van der Waals surface area contributed by atoms with Crippen LogP contribution < -0.4 is 4.80 Å². The molecule has 120 valence electrons. The summed E-state index contributed by atoms with van der Waals surface area (Å²) in [4.78, 5) is 17.1. The third-order valence-electron chi connectivity index (χ3n) is 3.75. The largest absolute Gasteiger partial charge is 0.459 e. The van der Waals surface area contributed by atoms with Gasteiger partial charge in [-0.05, 0) is 49.2 Å². The van der Waals surface area contributed by atoms with Crippen LogP contribution in [-0.2, 0) is 11.3 Å². The minimum Gasteiger partial charge on any atom is -0.459 e. The molecule has 0 atom stereocenters. The molecule has 1 amide bonds. The van der Waals surface area contributed by atoms with E-state index in [1.54, 1.807) is 19.2 Å². The van der Waals surface area contributed by atoms with Crippen molar-refractivity contribution in [2.75, 3.05) is 13.7 Å². The average Bonchev–Trinajstić information content (AvgIpc) is 3.15. The Balaban J connectivity index is 2.16. The molecule has 0 N–H and O–H groups in total. The van der Waals surface area contributed by atoms with Crippen molar-refractivity contribution in [3.05, 3.63) is 52.2 Å². The van der Waals surface area contributed by atoms with Gasteiger partial charge in [0, 0.05) is 13.7 Å². The Kier molecular flexibility index (Phi) is 4.45. The van der Waals surface area contributed by atoms with Crippen LogP contribution in [0.1, 0.15) is 21.7 Å². The standard InChI is InChI=1S/C17H18N2O3S/c1-11-9-13-15(10-12(11)2)23-17(19(13)6-8-21-3)18-16(20)14-5-4-7-22-14/h4-5,7,9-10H,6,8H2,1-3H3. The van der Waals surface area contributed by atoms with E-state index < -0.39 is 0 Å². The second kappa shape index (κ2) is 6.52. The van der Waals surface area contributed by atoms with E-state index in [9.17, 15) is 4.79 Å². The molecule has 0 saturated heterocycles. The van der Waals surface area contributed by atoms with Crippen LogP contribution in [0.5, 0.6) is 0 Å². The number of amides is 1. The summed E-state index contributed by atoms with van der Waals surface area (Å²) >= 11 is 1.50. The van der Waals surface area contributed by atoms with Gasteiger partial charge in [-0.2, -0.15) is 4.99 Å². The Hall–Kier alpha value is -2.18. The molecule has 0 bridgehead atoms. The zero-order valence-corrected chi connectivity index (χ0v) is 14.1. The zero-order valence-electron chi connectivity index (χ0n) is 13.3. The van der Waals surface area contributed by atoms with Crippen molar-refractivity contribution in [2.24, 2.45) is 4.99 Å². The van der Waals surface area contributed by atoms with Crippen molar-refractivity contribution in [3.63, 3.8) is 0 Å². The lowest BCUT2D eigenvalue weighted by Gasteiger charge is -2.06. The number of rotatable bonds is 4. The van der Waals surface area contributed by atoms with Gasteiger partial charge < -0.3 is 13.7 Å². The summed E-state index contributed by atoms with van der Waals surface area (Å²) in [6, 6.07) is 7.56. The van der Waals surface area contributed by atoms with Crippen LogP contribution >= 0.6 is 11.3 Å². The lowest BCUT2D eigenvalue weighted by atomic mass is 10.1. The molecule has 5 nitrogen and oxygen atoms in total. The molecule has 0 fully saturated rings. The van der Waals surface area contributed by atoms with Crippen LogP contribution in [0, 0.1) is 13.8 Å². The number of hydrogen-bond donors (Lipinski definition) is 0. The van der Waals surface area contributed by atoms with Gasteiger partial charge in [-0.25, -0.2) is 0 Å². The van der Waals surface area contributed by atoms with E-state index in [-0.39, 0.29) is 11.7 Å². The molecule has 0 spiro atoms. The van der Waals surface area contributed by atoms with Crippen molar-refractivity contribution in [3.8, 4) is 0 Å². The Morgan fingerprint density at radius 1 is 1.35 bits per heavy atom. The number of hydrogen-bond acceptors (Lipinski definition) is 4. The summed E-state index contributed by atoms with van der Waals surface area (Å²) in [5, 5.41) is 0. The zero-order chi connectivity index (χ0) is 16.4.